The summed E-state index contributed by atoms with van der Waals surface area (Å²) in [4.78, 5) is 27.1. The molecule has 6 nitrogen and oxygen atoms in total. The Morgan fingerprint density at radius 2 is 1.92 bits per heavy atom. The van der Waals surface area contributed by atoms with Crippen LogP contribution in [0.5, 0.6) is 0 Å². The fraction of sp³-hybridized carbons (Fsp3) is 0.556. The number of rotatable bonds is 2. The number of benzene rings is 1. The molecule has 1 aromatic heterocycles. The van der Waals surface area contributed by atoms with E-state index >= 15 is 0 Å². The molecule has 0 amide bonds. The first-order chi connectivity index (χ1) is 11.7. The van der Waals surface area contributed by atoms with Crippen molar-refractivity contribution in [2.45, 2.75) is 18.9 Å². The van der Waals surface area contributed by atoms with Crippen molar-refractivity contribution in [2.75, 3.05) is 51.2 Å². The van der Waals surface area contributed by atoms with Gasteiger partial charge >= 0.3 is 0 Å². The van der Waals surface area contributed by atoms with E-state index in [0.29, 0.717) is 17.4 Å². The molecule has 4 rings (SSSR count). The number of aromatic nitrogens is 2. The van der Waals surface area contributed by atoms with Gasteiger partial charge in [-0.15, -0.1) is 0 Å². The normalized spacial score (nSPS) is 23.7. The zero-order valence-electron chi connectivity index (χ0n) is 14.2. The molecule has 1 N–H and O–H groups in total. The van der Waals surface area contributed by atoms with E-state index in [1.807, 2.05) is 24.3 Å². The van der Waals surface area contributed by atoms with Crippen LogP contribution in [-0.4, -0.2) is 72.1 Å². The molecule has 3 heterocycles. The first-order valence-electron chi connectivity index (χ1n) is 8.87. The molecule has 2 aromatic rings. The van der Waals surface area contributed by atoms with Gasteiger partial charge in [-0.05, 0) is 38.6 Å². The van der Waals surface area contributed by atoms with E-state index in [1.165, 1.54) is 25.9 Å². The molecule has 0 saturated carbocycles. The summed E-state index contributed by atoms with van der Waals surface area (Å²) in [6.45, 7) is 6.30. The lowest BCUT2D eigenvalue weighted by Crippen LogP contribution is -2.55. The molecular weight excluding hydrogens is 302 g/mol. The van der Waals surface area contributed by atoms with E-state index in [-0.39, 0.29) is 5.56 Å². The van der Waals surface area contributed by atoms with Gasteiger partial charge in [-0.1, -0.05) is 12.1 Å². The highest BCUT2D eigenvalue weighted by Gasteiger charge is 2.27. The van der Waals surface area contributed by atoms with Crippen LogP contribution in [0.2, 0.25) is 0 Å². The van der Waals surface area contributed by atoms with Crippen LogP contribution in [0.25, 0.3) is 10.9 Å². The molecular formula is C18H25N5O. The van der Waals surface area contributed by atoms with Crippen LogP contribution < -0.4 is 10.5 Å². The van der Waals surface area contributed by atoms with Crippen LogP contribution in [0.3, 0.4) is 0 Å². The molecule has 128 valence electrons. The summed E-state index contributed by atoms with van der Waals surface area (Å²) in [5, 5.41) is 0.658. The number of fused-ring (bicyclic) bond motifs is 1. The highest BCUT2D eigenvalue weighted by molar-refractivity contribution is 5.78. The smallest absolute Gasteiger partial charge is 0.260 e. The molecule has 2 aliphatic heterocycles. The van der Waals surface area contributed by atoms with Crippen LogP contribution >= 0.6 is 0 Å². The van der Waals surface area contributed by atoms with Crippen molar-refractivity contribution < 1.29 is 0 Å². The van der Waals surface area contributed by atoms with Crippen LogP contribution in [0.15, 0.2) is 29.1 Å². The van der Waals surface area contributed by atoms with Crippen molar-refractivity contribution in [3.63, 3.8) is 0 Å². The molecule has 2 fully saturated rings. The van der Waals surface area contributed by atoms with Gasteiger partial charge in [-0.2, -0.15) is 0 Å². The third-order valence-electron chi connectivity index (χ3n) is 5.33. The second kappa shape index (κ2) is 6.53. The Kier molecular flexibility index (Phi) is 4.24. The van der Waals surface area contributed by atoms with Gasteiger partial charge in [-0.3, -0.25) is 14.7 Å². The number of nitrogens with zero attached hydrogens (tertiary/aromatic N) is 4. The lowest BCUT2D eigenvalue weighted by Gasteiger charge is -2.42. The molecule has 1 atom stereocenters. The first-order valence-corrected chi connectivity index (χ1v) is 8.87. The van der Waals surface area contributed by atoms with Crippen molar-refractivity contribution in [3.8, 4) is 0 Å². The van der Waals surface area contributed by atoms with Crippen LogP contribution in [0.4, 0.5) is 5.95 Å². The number of H-pyrrole nitrogens is 1. The first kappa shape index (κ1) is 15.6. The van der Waals surface area contributed by atoms with Gasteiger partial charge < -0.3 is 9.80 Å². The van der Waals surface area contributed by atoms with Crippen molar-refractivity contribution in [1.82, 2.24) is 19.8 Å². The van der Waals surface area contributed by atoms with Gasteiger partial charge in [0.15, 0.2) is 0 Å². The summed E-state index contributed by atoms with van der Waals surface area (Å²) < 4.78 is 0. The van der Waals surface area contributed by atoms with E-state index in [1.54, 1.807) is 0 Å². The van der Waals surface area contributed by atoms with Gasteiger partial charge in [0.05, 0.1) is 10.9 Å². The zero-order chi connectivity index (χ0) is 16.5. The van der Waals surface area contributed by atoms with E-state index in [0.717, 1.165) is 31.7 Å². The Bertz CT molecular complexity index is 765. The van der Waals surface area contributed by atoms with E-state index < -0.39 is 0 Å². The number of anilines is 1. The highest BCUT2D eigenvalue weighted by atomic mass is 16.1. The van der Waals surface area contributed by atoms with Crippen LogP contribution in [0.1, 0.15) is 12.8 Å². The average molecular weight is 327 g/mol. The third kappa shape index (κ3) is 3.03. The quantitative estimate of drug-likeness (QED) is 0.896. The summed E-state index contributed by atoms with van der Waals surface area (Å²) in [5.41, 5.74) is 0.722. The minimum Gasteiger partial charge on any atom is -0.340 e. The number of aromatic amines is 1. The Morgan fingerprint density at radius 3 is 2.71 bits per heavy atom. The largest absolute Gasteiger partial charge is 0.340 e. The second-order valence-electron chi connectivity index (χ2n) is 6.99. The third-order valence-corrected chi connectivity index (χ3v) is 5.33. The summed E-state index contributed by atoms with van der Waals surface area (Å²) in [6.07, 6.45) is 2.59. The SMILES string of the molecule is CN1CCCC(N2CCN(c3nc4ccccc4c(=O)[nH]3)CC2)C1. The fourth-order valence-corrected chi connectivity index (χ4v) is 3.96. The van der Waals surface area contributed by atoms with E-state index in [2.05, 4.69) is 31.7 Å². The molecule has 6 heteroatoms. The van der Waals surface area contributed by atoms with E-state index in [4.69, 9.17) is 0 Å². The molecule has 0 radical (unpaired) electrons. The Labute approximate surface area is 142 Å². The summed E-state index contributed by atoms with van der Waals surface area (Å²) in [6, 6.07) is 8.20. The number of nitrogens with one attached hydrogen (secondary N) is 1. The van der Waals surface area contributed by atoms with E-state index in [9.17, 15) is 4.79 Å². The van der Waals surface area contributed by atoms with Gasteiger partial charge in [0.1, 0.15) is 0 Å². The Balaban J connectivity index is 1.47. The summed E-state index contributed by atoms with van der Waals surface area (Å²) in [7, 11) is 2.21. The topological polar surface area (TPSA) is 55.5 Å². The molecule has 2 saturated heterocycles. The Morgan fingerprint density at radius 1 is 1.12 bits per heavy atom. The summed E-state index contributed by atoms with van der Waals surface area (Å²) in [5.74, 6) is 0.708. The maximum Gasteiger partial charge on any atom is 0.260 e. The number of hydrogen-bond donors (Lipinski definition) is 1. The zero-order valence-corrected chi connectivity index (χ0v) is 14.2. The number of likely N-dealkylation sites (N-methyl/N-ethyl adjacent to an activating group) is 1. The fourth-order valence-electron chi connectivity index (χ4n) is 3.96. The predicted octanol–water partition coefficient (Wildman–Crippen LogP) is 1.14. The molecule has 24 heavy (non-hydrogen) atoms. The number of hydrogen-bond acceptors (Lipinski definition) is 5. The van der Waals surface area contributed by atoms with Crippen LogP contribution in [0, 0.1) is 0 Å². The molecule has 0 bridgehead atoms. The monoisotopic (exact) mass is 327 g/mol. The molecule has 1 unspecified atom stereocenters. The van der Waals surface area contributed by atoms with Gasteiger partial charge in [0.25, 0.3) is 5.56 Å². The van der Waals surface area contributed by atoms with Crippen molar-refractivity contribution in [1.29, 1.82) is 0 Å². The lowest BCUT2D eigenvalue weighted by molar-refractivity contribution is 0.106. The molecule has 1 aromatic carbocycles. The standard InChI is InChI=1S/C18H25N5O/c1-21-8-4-5-14(13-21)22-9-11-23(12-10-22)18-19-16-7-3-2-6-15(16)17(24)20-18/h2-3,6-7,14H,4-5,8-13H2,1H3,(H,19,20,24). The van der Waals surface area contributed by atoms with Crippen molar-refractivity contribution in [2.24, 2.45) is 0 Å². The van der Waals surface area contributed by atoms with Crippen molar-refractivity contribution in [3.05, 3.63) is 34.6 Å². The minimum atomic E-state index is -0.0491. The Hall–Kier alpha value is -1.92. The second-order valence-corrected chi connectivity index (χ2v) is 6.99. The lowest BCUT2D eigenvalue weighted by atomic mass is 10.0. The predicted molar refractivity (Wildman–Crippen MR) is 96.7 cm³/mol. The van der Waals surface area contributed by atoms with Crippen LogP contribution in [-0.2, 0) is 0 Å². The summed E-state index contributed by atoms with van der Waals surface area (Å²) >= 11 is 0. The van der Waals surface area contributed by atoms with Crippen molar-refractivity contribution >= 4 is 16.9 Å². The number of piperidine rings is 1. The van der Waals surface area contributed by atoms with Gasteiger partial charge in [0, 0.05) is 38.8 Å². The maximum atomic E-state index is 12.3. The molecule has 2 aliphatic rings. The average Bonchev–Trinajstić information content (AvgIpc) is 2.62. The maximum absolute atomic E-state index is 12.3. The molecule has 0 spiro atoms. The van der Waals surface area contributed by atoms with Gasteiger partial charge in [-0.25, -0.2) is 4.98 Å². The van der Waals surface area contributed by atoms with Gasteiger partial charge in [0.2, 0.25) is 5.95 Å². The molecule has 0 aliphatic carbocycles. The number of piperazine rings is 1. The number of likely N-dealkylation sites (tertiary alicyclic amines) is 1. The minimum absolute atomic E-state index is 0.0491. The number of para-hydroxylation sites is 1. The highest BCUT2D eigenvalue weighted by Crippen LogP contribution is 2.19.